The van der Waals surface area contributed by atoms with Gasteiger partial charge in [-0.15, -0.1) is 0 Å². The van der Waals surface area contributed by atoms with Crippen LogP contribution in [0.4, 0.5) is 0 Å². The van der Waals surface area contributed by atoms with E-state index in [0.717, 1.165) is 5.56 Å². The molecule has 0 fully saturated rings. The first-order valence-corrected chi connectivity index (χ1v) is 8.91. The number of carboxylic acid groups (broad SMARTS) is 1. The molecule has 29 heavy (non-hydrogen) atoms. The molecule has 2 rings (SSSR count). The van der Waals surface area contributed by atoms with Crippen molar-refractivity contribution in [2.45, 2.75) is 26.3 Å². The summed E-state index contributed by atoms with van der Waals surface area (Å²) in [5, 5.41) is 17.3. The quantitative estimate of drug-likeness (QED) is 0.410. The minimum Gasteiger partial charge on any atom is -0.545 e. The van der Waals surface area contributed by atoms with E-state index < -0.39 is 17.8 Å². The average molecular weight is 396 g/mol. The normalized spacial score (nSPS) is 10.8. The minimum absolute atomic E-state index is 0.145. The summed E-state index contributed by atoms with van der Waals surface area (Å²) in [5.41, 5.74) is 4.38. The fourth-order valence-electron chi connectivity index (χ4n) is 2.46. The molecular weight excluding hydrogens is 374 g/mol. The Morgan fingerprint density at radius 1 is 1.10 bits per heavy atom. The molecular formula is C21H22N3O5-. The smallest absolute Gasteiger partial charge is 0.329 e. The van der Waals surface area contributed by atoms with Crippen LogP contribution in [0, 0.1) is 0 Å². The van der Waals surface area contributed by atoms with Crippen LogP contribution in [0.3, 0.4) is 0 Å². The first-order valence-electron chi connectivity index (χ1n) is 8.91. The van der Waals surface area contributed by atoms with E-state index >= 15 is 0 Å². The molecule has 2 amide bonds. The molecule has 0 heterocycles. The molecule has 8 nitrogen and oxygen atoms in total. The van der Waals surface area contributed by atoms with Crippen LogP contribution >= 0.6 is 0 Å². The molecule has 0 aliphatic rings. The number of methoxy groups -OCH3 is 1. The van der Waals surface area contributed by atoms with Gasteiger partial charge in [-0.05, 0) is 40.8 Å². The topological polar surface area (TPSA) is 120 Å². The first kappa shape index (κ1) is 21.6. The van der Waals surface area contributed by atoms with Crippen molar-refractivity contribution in [3.05, 3.63) is 64.7 Å². The highest BCUT2D eigenvalue weighted by molar-refractivity contribution is 6.35. The molecule has 0 aliphatic heterocycles. The van der Waals surface area contributed by atoms with Crippen LogP contribution in [0.25, 0.3) is 0 Å². The Morgan fingerprint density at radius 2 is 1.79 bits per heavy atom. The number of carbonyl (C=O) groups excluding carboxylic acids is 3. The number of amides is 2. The maximum Gasteiger partial charge on any atom is 0.329 e. The van der Waals surface area contributed by atoms with E-state index in [2.05, 4.69) is 29.7 Å². The Labute approximate surface area is 168 Å². The monoisotopic (exact) mass is 396 g/mol. The van der Waals surface area contributed by atoms with E-state index in [4.69, 9.17) is 4.74 Å². The minimum atomic E-state index is -1.40. The molecule has 0 radical (unpaired) electrons. The molecule has 2 aromatic carbocycles. The second-order valence-corrected chi connectivity index (χ2v) is 6.53. The summed E-state index contributed by atoms with van der Waals surface area (Å²) >= 11 is 0. The van der Waals surface area contributed by atoms with Gasteiger partial charge < -0.3 is 20.0 Å². The maximum absolute atomic E-state index is 11.9. The molecule has 0 aliphatic carbocycles. The number of rotatable bonds is 7. The van der Waals surface area contributed by atoms with Crippen molar-refractivity contribution in [3.63, 3.8) is 0 Å². The number of hydrazone groups is 1. The molecule has 0 bridgehead atoms. The Bertz CT molecular complexity index is 920. The molecule has 0 spiro atoms. The SMILES string of the molecule is COc1ccc(/C=N\NC(=O)C(=O)NCc2ccc(C(C)C)cc2)cc1C(=O)[O-]. The largest absolute Gasteiger partial charge is 0.545 e. The number of hydrogen-bond donors (Lipinski definition) is 2. The van der Waals surface area contributed by atoms with Gasteiger partial charge in [0.25, 0.3) is 0 Å². The Morgan fingerprint density at radius 3 is 2.38 bits per heavy atom. The van der Waals surface area contributed by atoms with Gasteiger partial charge >= 0.3 is 11.8 Å². The highest BCUT2D eigenvalue weighted by Gasteiger charge is 2.12. The van der Waals surface area contributed by atoms with Gasteiger partial charge in [0.15, 0.2) is 0 Å². The van der Waals surface area contributed by atoms with E-state index in [-0.39, 0.29) is 17.9 Å². The zero-order valence-corrected chi connectivity index (χ0v) is 16.4. The summed E-state index contributed by atoms with van der Waals surface area (Å²) in [4.78, 5) is 34.8. The zero-order valence-electron chi connectivity index (χ0n) is 16.4. The van der Waals surface area contributed by atoms with Crippen LogP contribution in [0.5, 0.6) is 5.75 Å². The number of carbonyl (C=O) groups is 3. The van der Waals surface area contributed by atoms with Crippen molar-refractivity contribution in [1.29, 1.82) is 0 Å². The van der Waals surface area contributed by atoms with E-state index in [0.29, 0.717) is 11.5 Å². The number of aromatic carboxylic acids is 1. The highest BCUT2D eigenvalue weighted by atomic mass is 16.5. The van der Waals surface area contributed by atoms with Gasteiger partial charge in [0.1, 0.15) is 5.75 Å². The van der Waals surface area contributed by atoms with Crippen LogP contribution in [0.1, 0.15) is 46.8 Å². The van der Waals surface area contributed by atoms with E-state index in [1.165, 1.54) is 31.0 Å². The fraction of sp³-hybridized carbons (Fsp3) is 0.238. The third kappa shape index (κ3) is 6.17. The highest BCUT2D eigenvalue weighted by Crippen LogP contribution is 2.18. The lowest BCUT2D eigenvalue weighted by Gasteiger charge is -2.09. The number of nitrogens with one attached hydrogen (secondary N) is 2. The van der Waals surface area contributed by atoms with Crippen LogP contribution < -0.4 is 20.6 Å². The summed E-state index contributed by atoms with van der Waals surface area (Å²) < 4.78 is 4.93. The molecule has 0 aromatic heterocycles. The lowest BCUT2D eigenvalue weighted by molar-refractivity contribution is -0.255. The molecule has 0 saturated carbocycles. The second kappa shape index (κ2) is 10.0. The molecule has 0 atom stereocenters. The van der Waals surface area contributed by atoms with Crippen LogP contribution in [-0.4, -0.2) is 31.1 Å². The van der Waals surface area contributed by atoms with Gasteiger partial charge in [-0.3, -0.25) is 9.59 Å². The maximum atomic E-state index is 11.9. The first-order chi connectivity index (χ1) is 13.8. The van der Waals surface area contributed by atoms with E-state index in [1.54, 1.807) is 6.07 Å². The van der Waals surface area contributed by atoms with Crippen LogP contribution in [0.2, 0.25) is 0 Å². The Kier molecular flexibility index (Phi) is 7.47. The van der Waals surface area contributed by atoms with Crippen LogP contribution in [0.15, 0.2) is 47.6 Å². The molecule has 152 valence electrons. The third-order valence-corrected chi connectivity index (χ3v) is 4.13. The summed E-state index contributed by atoms with van der Waals surface area (Å²) in [5.74, 6) is -2.61. The molecule has 0 unspecified atom stereocenters. The molecule has 2 aromatic rings. The van der Waals surface area contributed by atoms with Gasteiger partial charge in [-0.1, -0.05) is 38.1 Å². The molecule has 2 N–H and O–H groups in total. The predicted octanol–water partition coefficient (Wildman–Crippen LogP) is 0.949. The standard InChI is InChI=1S/C21H23N3O5/c1-13(2)16-7-4-14(5-8-16)11-22-19(25)20(26)24-23-12-15-6-9-18(29-3)17(10-15)21(27)28/h4-10,12-13H,11H2,1-3H3,(H,22,25)(H,24,26)(H,27,28)/p-1/b23-12-. The summed E-state index contributed by atoms with van der Waals surface area (Å²) in [7, 11) is 1.34. The van der Waals surface area contributed by atoms with E-state index in [9.17, 15) is 19.5 Å². The van der Waals surface area contributed by atoms with Gasteiger partial charge in [-0.25, -0.2) is 5.43 Å². The Hall–Kier alpha value is -3.68. The van der Waals surface area contributed by atoms with Gasteiger partial charge in [-0.2, -0.15) is 5.10 Å². The van der Waals surface area contributed by atoms with Crippen molar-refractivity contribution in [3.8, 4) is 5.75 Å². The van der Waals surface area contributed by atoms with Crippen molar-refractivity contribution in [1.82, 2.24) is 10.7 Å². The molecule has 8 heteroatoms. The summed E-state index contributed by atoms with van der Waals surface area (Å²) in [6, 6.07) is 12.0. The number of carboxylic acids is 1. The number of hydrogen-bond acceptors (Lipinski definition) is 6. The predicted molar refractivity (Wildman–Crippen MR) is 105 cm³/mol. The van der Waals surface area contributed by atoms with E-state index in [1.807, 2.05) is 24.3 Å². The number of ether oxygens (including phenoxy) is 1. The average Bonchev–Trinajstić information content (AvgIpc) is 2.71. The van der Waals surface area contributed by atoms with Crippen molar-refractivity contribution < 1.29 is 24.2 Å². The number of nitrogens with zero attached hydrogens (tertiary/aromatic N) is 1. The van der Waals surface area contributed by atoms with Crippen LogP contribution in [-0.2, 0) is 16.1 Å². The second-order valence-electron chi connectivity index (χ2n) is 6.53. The lowest BCUT2D eigenvalue weighted by atomic mass is 10.0. The fourth-order valence-corrected chi connectivity index (χ4v) is 2.46. The van der Waals surface area contributed by atoms with Gasteiger partial charge in [0, 0.05) is 12.1 Å². The van der Waals surface area contributed by atoms with Crippen molar-refractivity contribution >= 4 is 24.0 Å². The number of benzene rings is 2. The van der Waals surface area contributed by atoms with Crippen molar-refractivity contribution in [2.75, 3.05) is 7.11 Å². The molecule has 0 saturated heterocycles. The lowest BCUT2D eigenvalue weighted by Crippen LogP contribution is -2.37. The Balaban J connectivity index is 1.89. The summed E-state index contributed by atoms with van der Waals surface area (Å²) in [6.45, 7) is 4.39. The summed E-state index contributed by atoms with van der Waals surface area (Å²) in [6.07, 6.45) is 1.21. The zero-order chi connectivity index (χ0) is 21.4. The third-order valence-electron chi connectivity index (χ3n) is 4.13. The van der Waals surface area contributed by atoms with Gasteiger partial charge in [0.2, 0.25) is 0 Å². The van der Waals surface area contributed by atoms with Crippen molar-refractivity contribution in [2.24, 2.45) is 5.10 Å². The van der Waals surface area contributed by atoms with Gasteiger partial charge in [0.05, 0.1) is 19.3 Å².